The zero-order chi connectivity index (χ0) is 39.1. The Bertz CT molecular complexity index is 1570. The van der Waals surface area contributed by atoms with Crippen LogP contribution in [0.15, 0.2) is 48.9 Å². The van der Waals surface area contributed by atoms with Gasteiger partial charge >= 0.3 is 5.97 Å². The summed E-state index contributed by atoms with van der Waals surface area (Å²) in [5, 5.41) is 23.1. The Morgan fingerprint density at radius 2 is 1.47 bits per heavy atom. The van der Waals surface area contributed by atoms with Crippen LogP contribution in [0.3, 0.4) is 0 Å². The Kier molecular flexibility index (Phi) is 16.5. The van der Waals surface area contributed by atoms with Crippen molar-refractivity contribution in [2.24, 2.45) is 23.7 Å². The number of aliphatic carboxylic acids is 1. The normalized spacial score (nSPS) is 17.6. The van der Waals surface area contributed by atoms with Crippen LogP contribution in [-0.2, 0) is 35.2 Å². The van der Waals surface area contributed by atoms with E-state index >= 15 is 0 Å². The summed E-state index contributed by atoms with van der Waals surface area (Å²) >= 11 is 0. The summed E-state index contributed by atoms with van der Waals surface area (Å²) in [4.78, 5) is 98.3. The van der Waals surface area contributed by atoms with E-state index < -0.39 is 65.5 Å². The summed E-state index contributed by atoms with van der Waals surface area (Å²) in [6, 6.07) is 4.47. The van der Waals surface area contributed by atoms with Crippen LogP contribution in [0.5, 0.6) is 0 Å². The van der Waals surface area contributed by atoms with Gasteiger partial charge in [0.15, 0.2) is 0 Å². The number of nitrogens with zero attached hydrogens (tertiary/aromatic N) is 2. The smallest absolute Gasteiger partial charge is 0.326 e. The molecule has 6 atom stereocenters. The van der Waals surface area contributed by atoms with Gasteiger partial charge in [-0.25, -0.2) is 9.78 Å². The molecule has 3 rings (SSSR count). The van der Waals surface area contributed by atoms with Gasteiger partial charge in [-0.1, -0.05) is 77.8 Å². The third kappa shape index (κ3) is 13.1. The zero-order valence-corrected chi connectivity index (χ0v) is 31.1. The quantitative estimate of drug-likeness (QED) is 0.108. The van der Waals surface area contributed by atoms with Crippen molar-refractivity contribution in [2.45, 2.75) is 104 Å². The summed E-state index contributed by atoms with van der Waals surface area (Å²) in [7, 11) is 0. The van der Waals surface area contributed by atoms with E-state index in [4.69, 9.17) is 0 Å². The van der Waals surface area contributed by atoms with Gasteiger partial charge < -0.3 is 31.7 Å². The third-order valence-electron chi connectivity index (χ3n) is 9.42. The number of benzene rings is 1. The Hall–Kier alpha value is -5.21. The van der Waals surface area contributed by atoms with Crippen molar-refractivity contribution in [3.05, 3.63) is 60.2 Å². The molecule has 3 unspecified atom stereocenters. The molecule has 0 saturated heterocycles. The highest BCUT2D eigenvalue weighted by atomic mass is 16.4. The second-order valence-electron chi connectivity index (χ2n) is 14.2. The van der Waals surface area contributed by atoms with Crippen LogP contribution < -0.4 is 26.6 Å². The first kappa shape index (κ1) is 42.2. The fourth-order valence-electron chi connectivity index (χ4n) is 6.42. The van der Waals surface area contributed by atoms with Crippen LogP contribution in [0.1, 0.15) is 89.2 Å². The molecule has 288 valence electrons. The first-order valence-electron chi connectivity index (χ1n) is 18.3. The lowest BCUT2D eigenvalue weighted by Gasteiger charge is -2.28. The highest BCUT2D eigenvalue weighted by molar-refractivity contribution is 6.38. The number of nitrogens with one attached hydrogen (secondary N) is 5. The Morgan fingerprint density at radius 3 is 2.08 bits per heavy atom. The standard InChI is InChI=1S/C38H53N7O8/c1-6-11-27(33(47)37(51)43-28(38(52)53)18-24-12-8-7-9-13-24)42-30(46)19-25-14-10-15-26(25)20-41-35(49)31(22(2)3)45-36(50)32(23(4)5)44-34(48)29-21-39-16-17-40-29/h7-9,12-13,16-17,21-23,25-28,31-32H,6,10-11,14-15,18-20H2,1-5H3,(H,41,49)(H,42,46)(H,43,51)(H,44,48)(H,45,50)(H,52,53)/t25-,26+,27?,28?,31?,32-/m1/s1. The number of carboxylic acid groups (broad SMARTS) is 1. The van der Waals surface area contributed by atoms with Crippen LogP contribution in [0.2, 0.25) is 0 Å². The molecule has 15 nitrogen and oxygen atoms in total. The molecule has 1 aromatic carbocycles. The average molecular weight is 736 g/mol. The zero-order valence-electron chi connectivity index (χ0n) is 31.1. The van der Waals surface area contributed by atoms with E-state index in [2.05, 4.69) is 36.6 Å². The van der Waals surface area contributed by atoms with Gasteiger partial charge in [0.1, 0.15) is 23.8 Å². The molecule has 5 amide bonds. The van der Waals surface area contributed by atoms with E-state index in [0.717, 1.165) is 19.3 Å². The molecule has 2 aromatic rings. The van der Waals surface area contributed by atoms with Gasteiger partial charge in [-0.15, -0.1) is 0 Å². The largest absolute Gasteiger partial charge is 0.480 e. The number of hydrogen-bond acceptors (Lipinski definition) is 9. The minimum atomic E-state index is -1.32. The van der Waals surface area contributed by atoms with Crippen molar-refractivity contribution in [3.63, 3.8) is 0 Å². The molecule has 1 aromatic heterocycles. The third-order valence-corrected chi connectivity index (χ3v) is 9.42. The highest BCUT2D eigenvalue weighted by Crippen LogP contribution is 2.33. The molecular formula is C38H53N7O8. The number of hydrogen-bond donors (Lipinski definition) is 6. The molecule has 6 N–H and O–H groups in total. The van der Waals surface area contributed by atoms with Crippen molar-refractivity contribution < 1.29 is 38.7 Å². The van der Waals surface area contributed by atoms with Crippen molar-refractivity contribution in [1.29, 1.82) is 0 Å². The minimum Gasteiger partial charge on any atom is -0.480 e. The molecule has 1 aliphatic carbocycles. The molecular weight excluding hydrogens is 682 g/mol. The number of rotatable bonds is 20. The molecule has 1 saturated carbocycles. The number of Topliss-reactive ketones (excluding diaryl/α,β-unsaturated/α-hetero) is 1. The summed E-state index contributed by atoms with van der Waals surface area (Å²) in [6.07, 6.45) is 7.19. The van der Waals surface area contributed by atoms with Gasteiger partial charge in [-0.2, -0.15) is 0 Å². The van der Waals surface area contributed by atoms with Gasteiger partial charge in [-0.05, 0) is 48.5 Å². The average Bonchev–Trinajstić information content (AvgIpc) is 3.57. The summed E-state index contributed by atoms with van der Waals surface area (Å²) in [5.41, 5.74) is 0.739. The lowest BCUT2D eigenvalue weighted by molar-refractivity contribution is -0.145. The fourth-order valence-corrected chi connectivity index (χ4v) is 6.42. The first-order valence-corrected chi connectivity index (χ1v) is 18.3. The van der Waals surface area contributed by atoms with Crippen LogP contribution in [0.4, 0.5) is 0 Å². The number of carbonyl (C=O) groups is 7. The fraction of sp³-hybridized carbons (Fsp3) is 0.553. The van der Waals surface area contributed by atoms with E-state index in [0.29, 0.717) is 12.0 Å². The molecule has 1 heterocycles. The van der Waals surface area contributed by atoms with Crippen LogP contribution in [0, 0.1) is 23.7 Å². The second-order valence-corrected chi connectivity index (χ2v) is 14.2. The Morgan fingerprint density at radius 1 is 0.811 bits per heavy atom. The summed E-state index contributed by atoms with van der Waals surface area (Å²) in [5.74, 6) is -5.86. The maximum Gasteiger partial charge on any atom is 0.326 e. The highest BCUT2D eigenvalue weighted by Gasteiger charge is 2.35. The number of amides is 5. The second kappa shape index (κ2) is 20.7. The van der Waals surface area contributed by atoms with Crippen molar-refractivity contribution >= 4 is 41.3 Å². The maximum atomic E-state index is 13.4. The number of aromatic nitrogens is 2. The number of ketones is 1. The van der Waals surface area contributed by atoms with E-state index in [1.165, 1.54) is 18.6 Å². The van der Waals surface area contributed by atoms with Gasteiger partial charge in [0.25, 0.3) is 11.8 Å². The summed E-state index contributed by atoms with van der Waals surface area (Å²) < 4.78 is 0. The van der Waals surface area contributed by atoms with Crippen molar-refractivity contribution in [2.75, 3.05) is 6.54 Å². The minimum absolute atomic E-state index is 0.00859. The molecule has 1 aliphatic rings. The van der Waals surface area contributed by atoms with Crippen LogP contribution in [-0.4, -0.2) is 87.1 Å². The molecule has 15 heteroatoms. The van der Waals surface area contributed by atoms with Crippen molar-refractivity contribution in [3.8, 4) is 0 Å². The van der Waals surface area contributed by atoms with Gasteiger partial charge in [0.2, 0.25) is 23.5 Å². The van der Waals surface area contributed by atoms with E-state index in [9.17, 15) is 38.7 Å². The Balaban J connectivity index is 1.56. The molecule has 0 bridgehead atoms. The molecule has 0 radical (unpaired) electrons. The summed E-state index contributed by atoms with van der Waals surface area (Å²) in [6.45, 7) is 9.23. The SMILES string of the molecule is CCCC(NC(=O)C[C@H]1CCC[C@H]1CNC(=O)C(NC(=O)[C@H](NC(=O)c1cnccn1)C(C)C)C(C)C)C(=O)C(=O)NC(Cc1ccccc1)C(=O)O. The number of carboxylic acids is 1. The van der Waals surface area contributed by atoms with Gasteiger partial charge in [0.05, 0.1) is 12.2 Å². The topological polar surface area (TPSA) is 226 Å². The predicted molar refractivity (Wildman–Crippen MR) is 195 cm³/mol. The monoisotopic (exact) mass is 735 g/mol. The molecule has 0 spiro atoms. The van der Waals surface area contributed by atoms with E-state index in [-0.39, 0.29) is 55.2 Å². The van der Waals surface area contributed by atoms with Gasteiger partial charge in [-0.3, -0.25) is 33.8 Å². The predicted octanol–water partition coefficient (Wildman–Crippen LogP) is 1.96. The lowest BCUT2D eigenvalue weighted by Crippen LogP contribution is -2.57. The van der Waals surface area contributed by atoms with E-state index in [1.807, 2.05) is 0 Å². The molecule has 0 aliphatic heterocycles. The first-order chi connectivity index (χ1) is 25.2. The number of carbonyl (C=O) groups excluding carboxylic acids is 6. The van der Waals surface area contributed by atoms with E-state index in [1.54, 1.807) is 65.0 Å². The lowest BCUT2D eigenvalue weighted by atomic mass is 9.91. The Labute approximate surface area is 310 Å². The van der Waals surface area contributed by atoms with Crippen LogP contribution >= 0.6 is 0 Å². The molecule has 1 fully saturated rings. The maximum absolute atomic E-state index is 13.4. The molecule has 53 heavy (non-hydrogen) atoms. The van der Waals surface area contributed by atoms with Gasteiger partial charge in [0, 0.05) is 31.8 Å². The van der Waals surface area contributed by atoms with Crippen molar-refractivity contribution in [1.82, 2.24) is 36.6 Å². The van der Waals surface area contributed by atoms with Crippen LogP contribution in [0.25, 0.3) is 0 Å².